The van der Waals surface area contributed by atoms with Crippen molar-refractivity contribution in [2.75, 3.05) is 5.32 Å². The molecule has 1 aromatic heterocycles. The van der Waals surface area contributed by atoms with Crippen LogP contribution >= 0.6 is 15.9 Å². The summed E-state index contributed by atoms with van der Waals surface area (Å²) in [5.41, 5.74) is -0.681. The summed E-state index contributed by atoms with van der Waals surface area (Å²) in [6.07, 6.45) is 1.15. The summed E-state index contributed by atoms with van der Waals surface area (Å²) < 4.78 is 28.1. The summed E-state index contributed by atoms with van der Waals surface area (Å²) in [4.78, 5) is 21.9. The standard InChI is InChI=1S/C12H8BrF2N3O3/c1-17-5-6(18(20)21)2-11(17)12(19)16-10-4-8(14)7(13)3-9(10)15/h2-5H,1H3,(H,16,19). The Morgan fingerprint density at radius 3 is 2.57 bits per heavy atom. The molecular formula is C12H8BrF2N3O3. The largest absolute Gasteiger partial charge is 0.340 e. The number of benzene rings is 1. The van der Waals surface area contributed by atoms with Gasteiger partial charge in [0, 0.05) is 19.2 Å². The van der Waals surface area contributed by atoms with Gasteiger partial charge in [-0.05, 0) is 22.0 Å². The zero-order valence-electron chi connectivity index (χ0n) is 10.6. The SMILES string of the molecule is Cn1cc([N+](=O)[O-])cc1C(=O)Nc1cc(F)c(Br)cc1F. The number of nitrogens with zero attached hydrogens (tertiary/aromatic N) is 2. The summed E-state index contributed by atoms with van der Waals surface area (Å²) >= 11 is 2.82. The van der Waals surface area contributed by atoms with E-state index in [4.69, 9.17) is 0 Å². The number of amides is 1. The van der Waals surface area contributed by atoms with Crippen LogP contribution in [0.25, 0.3) is 0 Å². The first-order chi connectivity index (χ1) is 9.79. The van der Waals surface area contributed by atoms with Gasteiger partial charge in [0.05, 0.1) is 21.3 Å². The Balaban J connectivity index is 2.30. The smallest absolute Gasteiger partial charge is 0.287 e. The number of nitrogens with one attached hydrogen (secondary N) is 1. The lowest BCUT2D eigenvalue weighted by atomic mass is 10.2. The van der Waals surface area contributed by atoms with Crippen LogP contribution in [0.1, 0.15) is 10.5 Å². The third-order valence-electron chi connectivity index (χ3n) is 2.69. The van der Waals surface area contributed by atoms with Gasteiger partial charge in [-0.25, -0.2) is 8.78 Å². The zero-order valence-corrected chi connectivity index (χ0v) is 12.1. The number of rotatable bonds is 3. The molecule has 0 aliphatic rings. The second-order valence-electron chi connectivity index (χ2n) is 4.15. The van der Waals surface area contributed by atoms with Crippen molar-refractivity contribution in [2.24, 2.45) is 7.05 Å². The summed E-state index contributed by atoms with van der Waals surface area (Å²) in [5.74, 6) is -2.36. The normalized spacial score (nSPS) is 10.5. The van der Waals surface area contributed by atoms with Crippen molar-refractivity contribution in [3.8, 4) is 0 Å². The lowest BCUT2D eigenvalue weighted by Crippen LogP contribution is -2.16. The molecule has 0 bridgehead atoms. The molecule has 0 aliphatic carbocycles. The Hall–Kier alpha value is -2.29. The van der Waals surface area contributed by atoms with Crippen molar-refractivity contribution in [1.82, 2.24) is 4.57 Å². The molecule has 0 spiro atoms. The number of hydrogen-bond acceptors (Lipinski definition) is 3. The van der Waals surface area contributed by atoms with Crippen LogP contribution < -0.4 is 5.32 Å². The van der Waals surface area contributed by atoms with E-state index < -0.39 is 22.5 Å². The number of halogens is 3. The second-order valence-corrected chi connectivity index (χ2v) is 5.01. The number of aromatic nitrogens is 1. The maximum absolute atomic E-state index is 13.6. The van der Waals surface area contributed by atoms with Gasteiger partial charge < -0.3 is 9.88 Å². The highest BCUT2D eigenvalue weighted by Gasteiger charge is 2.19. The lowest BCUT2D eigenvalue weighted by molar-refractivity contribution is -0.384. The Kier molecular flexibility index (Phi) is 4.03. The Labute approximate surface area is 125 Å². The number of anilines is 1. The first-order valence-electron chi connectivity index (χ1n) is 5.56. The first-order valence-corrected chi connectivity index (χ1v) is 6.35. The highest BCUT2D eigenvalue weighted by molar-refractivity contribution is 9.10. The molecule has 0 aliphatic heterocycles. The number of carbonyl (C=O) groups is 1. The number of carbonyl (C=O) groups excluding carboxylic acids is 1. The maximum atomic E-state index is 13.6. The van der Waals surface area contributed by atoms with E-state index in [0.29, 0.717) is 0 Å². The van der Waals surface area contributed by atoms with E-state index in [1.807, 2.05) is 0 Å². The fourth-order valence-electron chi connectivity index (χ4n) is 1.68. The minimum absolute atomic E-state index is 0.0515. The molecule has 0 atom stereocenters. The molecule has 110 valence electrons. The molecule has 21 heavy (non-hydrogen) atoms. The average Bonchev–Trinajstić information content (AvgIpc) is 2.78. The Morgan fingerprint density at radius 1 is 1.33 bits per heavy atom. The van der Waals surface area contributed by atoms with Crippen LogP contribution in [0.4, 0.5) is 20.2 Å². The zero-order chi connectivity index (χ0) is 15.7. The molecule has 0 fully saturated rings. The molecule has 2 aromatic rings. The van der Waals surface area contributed by atoms with E-state index in [0.717, 1.165) is 24.4 Å². The van der Waals surface area contributed by atoms with E-state index in [1.54, 1.807) is 0 Å². The fourth-order valence-corrected chi connectivity index (χ4v) is 1.99. The minimum atomic E-state index is -0.833. The van der Waals surface area contributed by atoms with Gasteiger partial charge in [-0.1, -0.05) is 0 Å². The van der Waals surface area contributed by atoms with Gasteiger partial charge in [-0.3, -0.25) is 14.9 Å². The van der Waals surface area contributed by atoms with Gasteiger partial charge in [0.2, 0.25) is 0 Å². The van der Waals surface area contributed by atoms with Gasteiger partial charge >= 0.3 is 0 Å². The molecule has 0 saturated carbocycles. The number of nitro groups is 1. The topological polar surface area (TPSA) is 77.2 Å². The lowest BCUT2D eigenvalue weighted by Gasteiger charge is -2.07. The van der Waals surface area contributed by atoms with Crippen molar-refractivity contribution in [2.45, 2.75) is 0 Å². The molecule has 1 N–H and O–H groups in total. The molecule has 1 aromatic carbocycles. The predicted molar refractivity (Wildman–Crippen MR) is 74.1 cm³/mol. The van der Waals surface area contributed by atoms with Gasteiger partial charge in [0.1, 0.15) is 17.3 Å². The van der Waals surface area contributed by atoms with Crippen molar-refractivity contribution >= 4 is 33.2 Å². The molecule has 0 saturated heterocycles. The van der Waals surface area contributed by atoms with Gasteiger partial charge in [-0.2, -0.15) is 0 Å². The molecule has 1 amide bonds. The van der Waals surface area contributed by atoms with Crippen molar-refractivity contribution in [3.05, 3.63) is 56.3 Å². The molecule has 2 rings (SSSR count). The van der Waals surface area contributed by atoms with Crippen LogP contribution in [0.5, 0.6) is 0 Å². The van der Waals surface area contributed by atoms with Crippen LogP contribution in [0.3, 0.4) is 0 Å². The minimum Gasteiger partial charge on any atom is -0.340 e. The molecular weight excluding hydrogens is 352 g/mol. The predicted octanol–water partition coefficient (Wildman–Crippen LogP) is 3.23. The van der Waals surface area contributed by atoms with Crippen LogP contribution in [-0.4, -0.2) is 15.4 Å². The Bertz CT molecular complexity index is 746. The Morgan fingerprint density at radius 2 is 2.00 bits per heavy atom. The number of aryl methyl sites for hydroxylation is 1. The van der Waals surface area contributed by atoms with Crippen molar-refractivity contribution < 1.29 is 18.5 Å². The third-order valence-corrected chi connectivity index (χ3v) is 3.30. The highest BCUT2D eigenvalue weighted by Crippen LogP contribution is 2.24. The third kappa shape index (κ3) is 3.07. The van der Waals surface area contributed by atoms with Crippen LogP contribution in [0.2, 0.25) is 0 Å². The van der Waals surface area contributed by atoms with E-state index in [2.05, 4.69) is 21.2 Å². The van der Waals surface area contributed by atoms with Gasteiger partial charge in [0.25, 0.3) is 11.6 Å². The quantitative estimate of drug-likeness (QED) is 0.519. The van der Waals surface area contributed by atoms with Crippen LogP contribution in [0, 0.1) is 21.7 Å². The summed E-state index contributed by atoms with van der Waals surface area (Å²) in [7, 11) is 1.43. The van der Waals surface area contributed by atoms with Gasteiger partial charge in [-0.15, -0.1) is 0 Å². The highest BCUT2D eigenvalue weighted by atomic mass is 79.9. The monoisotopic (exact) mass is 359 g/mol. The molecule has 6 nitrogen and oxygen atoms in total. The van der Waals surface area contributed by atoms with E-state index >= 15 is 0 Å². The second kappa shape index (κ2) is 5.60. The van der Waals surface area contributed by atoms with Crippen LogP contribution in [-0.2, 0) is 7.05 Å². The summed E-state index contributed by atoms with van der Waals surface area (Å²) in [6, 6.07) is 2.73. The van der Waals surface area contributed by atoms with E-state index in [1.165, 1.54) is 11.6 Å². The summed E-state index contributed by atoms with van der Waals surface area (Å²) in [6.45, 7) is 0. The fraction of sp³-hybridized carbons (Fsp3) is 0.0833. The van der Waals surface area contributed by atoms with Crippen molar-refractivity contribution in [1.29, 1.82) is 0 Å². The van der Waals surface area contributed by atoms with E-state index in [9.17, 15) is 23.7 Å². The van der Waals surface area contributed by atoms with Gasteiger partial charge in [0.15, 0.2) is 0 Å². The first kappa shape index (κ1) is 15.1. The van der Waals surface area contributed by atoms with E-state index in [-0.39, 0.29) is 21.5 Å². The molecule has 0 radical (unpaired) electrons. The van der Waals surface area contributed by atoms with Crippen molar-refractivity contribution in [3.63, 3.8) is 0 Å². The molecule has 0 unspecified atom stereocenters. The number of hydrogen-bond donors (Lipinski definition) is 1. The van der Waals surface area contributed by atoms with Crippen LogP contribution in [0.15, 0.2) is 28.9 Å². The summed E-state index contributed by atoms with van der Waals surface area (Å²) in [5, 5.41) is 12.8. The molecule has 1 heterocycles. The average molecular weight is 360 g/mol. The maximum Gasteiger partial charge on any atom is 0.287 e. The molecule has 9 heteroatoms.